The molecule has 0 aliphatic carbocycles. The summed E-state index contributed by atoms with van der Waals surface area (Å²) in [5.74, 6) is 1.14. The van der Waals surface area contributed by atoms with Crippen molar-refractivity contribution in [1.82, 2.24) is 19.4 Å². The molecule has 122 valence electrons. The zero-order valence-corrected chi connectivity index (χ0v) is 14.1. The Kier molecular flexibility index (Phi) is 4.18. The molecule has 4 rings (SSSR count). The fourth-order valence-electron chi connectivity index (χ4n) is 3.48. The van der Waals surface area contributed by atoms with Crippen LogP contribution in [0, 0.1) is 0 Å². The number of piperidine rings is 1. The summed E-state index contributed by atoms with van der Waals surface area (Å²) in [6, 6.07) is 1.90. The third kappa shape index (κ3) is 3.19. The van der Waals surface area contributed by atoms with Gasteiger partial charge in [0.05, 0.1) is 17.8 Å². The van der Waals surface area contributed by atoms with Gasteiger partial charge in [0, 0.05) is 31.2 Å². The number of likely N-dealkylation sites (tertiary alicyclic amines) is 1. The van der Waals surface area contributed by atoms with Crippen LogP contribution in [0.15, 0.2) is 23.0 Å². The van der Waals surface area contributed by atoms with Crippen LogP contribution in [0.2, 0.25) is 0 Å². The zero-order chi connectivity index (χ0) is 15.6. The number of rotatable bonds is 3. The first-order valence-corrected chi connectivity index (χ1v) is 9.32. The summed E-state index contributed by atoms with van der Waals surface area (Å²) in [6.07, 6.45) is 6.14. The van der Waals surface area contributed by atoms with Crippen molar-refractivity contribution < 1.29 is 4.79 Å². The molecule has 4 heterocycles. The normalized spacial score (nSPS) is 18.9. The lowest BCUT2D eigenvalue weighted by atomic mass is 10.1. The van der Waals surface area contributed by atoms with Gasteiger partial charge in [0.1, 0.15) is 5.82 Å². The summed E-state index contributed by atoms with van der Waals surface area (Å²) in [4.78, 5) is 21.7. The van der Waals surface area contributed by atoms with E-state index in [-0.39, 0.29) is 5.91 Å². The highest BCUT2D eigenvalue weighted by Crippen LogP contribution is 2.19. The number of thiophene rings is 1. The van der Waals surface area contributed by atoms with E-state index in [9.17, 15) is 4.79 Å². The third-order valence-electron chi connectivity index (χ3n) is 4.74. The molecule has 0 unspecified atom stereocenters. The van der Waals surface area contributed by atoms with Gasteiger partial charge in [-0.15, -0.1) is 0 Å². The summed E-state index contributed by atoms with van der Waals surface area (Å²) in [5.41, 5.74) is 1.94. The molecule has 2 aliphatic rings. The van der Waals surface area contributed by atoms with Gasteiger partial charge in [0.25, 0.3) is 5.91 Å². The number of carbonyl (C=O) groups is 1. The van der Waals surface area contributed by atoms with Crippen molar-refractivity contribution in [2.24, 2.45) is 0 Å². The molecule has 0 aromatic carbocycles. The lowest BCUT2D eigenvalue weighted by Gasteiger charge is -2.27. The first-order valence-electron chi connectivity index (χ1n) is 8.38. The van der Waals surface area contributed by atoms with Crippen molar-refractivity contribution in [2.75, 3.05) is 19.6 Å². The quantitative estimate of drug-likeness (QED) is 0.868. The molecule has 1 fully saturated rings. The van der Waals surface area contributed by atoms with Crippen LogP contribution in [-0.2, 0) is 19.6 Å². The van der Waals surface area contributed by atoms with Gasteiger partial charge in [-0.3, -0.25) is 9.69 Å². The second-order valence-corrected chi connectivity index (χ2v) is 7.20. The minimum atomic E-state index is 0.123. The van der Waals surface area contributed by atoms with Gasteiger partial charge in [-0.25, -0.2) is 4.98 Å². The average Bonchev–Trinajstić information content (AvgIpc) is 3.23. The first-order chi connectivity index (χ1) is 11.3. The molecule has 0 N–H and O–H groups in total. The van der Waals surface area contributed by atoms with Crippen LogP contribution in [0.4, 0.5) is 0 Å². The van der Waals surface area contributed by atoms with Crippen LogP contribution in [0.5, 0.6) is 0 Å². The van der Waals surface area contributed by atoms with Gasteiger partial charge in [0.15, 0.2) is 0 Å². The molecule has 0 atom stereocenters. The van der Waals surface area contributed by atoms with E-state index in [0.29, 0.717) is 6.54 Å². The number of nitrogens with zero attached hydrogens (tertiary/aromatic N) is 4. The number of hydrogen-bond acceptors (Lipinski definition) is 4. The topological polar surface area (TPSA) is 41.4 Å². The van der Waals surface area contributed by atoms with Crippen LogP contribution in [0.25, 0.3) is 0 Å². The molecule has 1 saturated heterocycles. The van der Waals surface area contributed by atoms with E-state index in [1.54, 1.807) is 11.3 Å². The molecule has 23 heavy (non-hydrogen) atoms. The average molecular weight is 330 g/mol. The van der Waals surface area contributed by atoms with E-state index in [0.717, 1.165) is 36.7 Å². The van der Waals surface area contributed by atoms with Crippen LogP contribution < -0.4 is 0 Å². The second-order valence-electron chi connectivity index (χ2n) is 6.42. The van der Waals surface area contributed by atoms with Crippen molar-refractivity contribution in [3.63, 3.8) is 0 Å². The monoisotopic (exact) mass is 330 g/mol. The van der Waals surface area contributed by atoms with Crippen molar-refractivity contribution in [3.8, 4) is 0 Å². The predicted molar refractivity (Wildman–Crippen MR) is 90.4 cm³/mol. The minimum Gasteiger partial charge on any atom is -0.331 e. The minimum absolute atomic E-state index is 0.123. The fourth-order valence-corrected chi connectivity index (χ4v) is 4.11. The second kappa shape index (κ2) is 6.45. The number of imidazole rings is 1. The van der Waals surface area contributed by atoms with Crippen molar-refractivity contribution >= 4 is 17.2 Å². The highest BCUT2D eigenvalue weighted by atomic mass is 32.1. The molecule has 2 aromatic rings. The maximum absolute atomic E-state index is 12.5. The lowest BCUT2D eigenvalue weighted by molar-refractivity contribution is 0.0708. The highest BCUT2D eigenvalue weighted by molar-refractivity contribution is 7.08. The predicted octanol–water partition coefficient (Wildman–Crippen LogP) is 2.59. The maximum Gasteiger partial charge on any atom is 0.255 e. The first kappa shape index (κ1) is 14.9. The van der Waals surface area contributed by atoms with E-state index in [4.69, 9.17) is 4.98 Å². The van der Waals surface area contributed by atoms with Gasteiger partial charge in [0.2, 0.25) is 0 Å². The number of carbonyl (C=O) groups excluding carboxylic acids is 1. The van der Waals surface area contributed by atoms with Crippen LogP contribution in [0.3, 0.4) is 0 Å². The number of hydrogen-bond donors (Lipinski definition) is 0. The Balaban J connectivity index is 1.44. The number of aromatic nitrogens is 2. The summed E-state index contributed by atoms with van der Waals surface area (Å²) in [6.45, 7) is 5.54. The molecule has 0 saturated carbocycles. The number of amides is 1. The Morgan fingerprint density at radius 3 is 2.83 bits per heavy atom. The molecular formula is C17H22N4OS. The van der Waals surface area contributed by atoms with E-state index >= 15 is 0 Å². The maximum atomic E-state index is 12.5. The van der Waals surface area contributed by atoms with Gasteiger partial charge in [-0.1, -0.05) is 6.42 Å². The van der Waals surface area contributed by atoms with E-state index in [1.807, 2.05) is 21.7 Å². The molecule has 0 spiro atoms. The summed E-state index contributed by atoms with van der Waals surface area (Å²) in [7, 11) is 0. The summed E-state index contributed by atoms with van der Waals surface area (Å²) < 4.78 is 2.22. The largest absolute Gasteiger partial charge is 0.331 e. The highest BCUT2D eigenvalue weighted by Gasteiger charge is 2.24. The van der Waals surface area contributed by atoms with Crippen molar-refractivity contribution in [1.29, 1.82) is 0 Å². The van der Waals surface area contributed by atoms with Crippen LogP contribution in [-0.4, -0.2) is 44.9 Å². The third-order valence-corrected chi connectivity index (χ3v) is 5.43. The molecular weight excluding hydrogens is 308 g/mol. The smallest absolute Gasteiger partial charge is 0.255 e. The van der Waals surface area contributed by atoms with E-state index in [2.05, 4.69) is 15.7 Å². The van der Waals surface area contributed by atoms with Gasteiger partial charge in [-0.2, -0.15) is 11.3 Å². The van der Waals surface area contributed by atoms with Crippen molar-refractivity contribution in [2.45, 2.75) is 38.9 Å². The fraction of sp³-hybridized carbons (Fsp3) is 0.529. The Labute approximate surface area is 140 Å². The molecule has 0 bridgehead atoms. The summed E-state index contributed by atoms with van der Waals surface area (Å²) in [5, 5.41) is 3.88. The Morgan fingerprint density at radius 2 is 2.04 bits per heavy atom. The molecule has 0 radical (unpaired) electrons. The molecule has 2 aliphatic heterocycles. The zero-order valence-electron chi connectivity index (χ0n) is 13.3. The molecule has 6 heteroatoms. The van der Waals surface area contributed by atoms with Crippen molar-refractivity contribution in [3.05, 3.63) is 40.1 Å². The van der Waals surface area contributed by atoms with Crippen LogP contribution >= 0.6 is 11.3 Å². The molecule has 2 aromatic heterocycles. The Morgan fingerprint density at radius 1 is 1.17 bits per heavy atom. The molecule has 1 amide bonds. The SMILES string of the molecule is O=C(c1ccsc1)N1CCn2cc(CN3CCCCC3)nc2C1. The van der Waals surface area contributed by atoms with Gasteiger partial charge in [-0.05, 0) is 37.4 Å². The summed E-state index contributed by atoms with van der Waals surface area (Å²) >= 11 is 1.57. The van der Waals surface area contributed by atoms with Gasteiger partial charge < -0.3 is 9.47 Å². The standard InChI is InChI=1S/C17H22N4OS/c22-17(14-4-9-23-13-14)21-8-7-20-11-15(18-16(20)12-21)10-19-5-2-1-3-6-19/h4,9,11,13H,1-3,5-8,10,12H2. The number of fused-ring (bicyclic) bond motifs is 1. The Hall–Kier alpha value is -1.66. The van der Waals surface area contributed by atoms with Crippen LogP contribution in [0.1, 0.15) is 41.1 Å². The molecule has 5 nitrogen and oxygen atoms in total. The van der Waals surface area contributed by atoms with E-state index < -0.39 is 0 Å². The lowest BCUT2D eigenvalue weighted by Crippen LogP contribution is -2.38. The van der Waals surface area contributed by atoms with E-state index in [1.165, 1.54) is 32.4 Å². The Bertz CT molecular complexity index is 673. The van der Waals surface area contributed by atoms with Gasteiger partial charge >= 0.3 is 0 Å².